The molecule has 0 atom stereocenters. The Bertz CT molecular complexity index is 455. The molecule has 0 heterocycles. The second-order valence-corrected chi connectivity index (χ2v) is 5.93. The first-order valence-corrected chi connectivity index (χ1v) is 7.18. The van der Waals surface area contributed by atoms with Crippen molar-refractivity contribution in [1.29, 1.82) is 0 Å². The van der Waals surface area contributed by atoms with Crippen molar-refractivity contribution >= 4 is 17.5 Å². The third-order valence-corrected chi connectivity index (χ3v) is 4.13. The minimum absolute atomic E-state index is 0.131. The number of nitrogens with one attached hydrogen (secondary N) is 1. The first-order valence-electron chi connectivity index (χ1n) is 6.74. The van der Waals surface area contributed by atoms with Crippen LogP contribution in [0.4, 0.5) is 4.39 Å². The Morgan fingerprint density at radius 3 is 2.74 bits per heavy atom. The molecule has 1 aliphatic rings. The van der Waals surface area contributed by atoms with Gasteiger partial charge in [-0.2, -0.15) is 0 Å². The first kappa shape index (κ1) is 14.3. The normalized spacial score (nSPS) is 23.1. The summed E-state index contributed by atoms with van der Waals surface area (Å²) in [5.41, 5.74) is 1.01. The molecule has 4 heteroatoms. The Labute approximate surface area is 118 Å². The van der Waals surface area contributed by atoms with Crippen molar-refractivity contribution < 1.29 is 9.18 Å². The predicted molar refractivity (Wildman–Crippen MR) is 75.1 cm³/mol. The van der Waals surface area contributed by atoms with Crippen molar-refractivity contribution in [1.82, 2.24) is 5.32 Å². The van der Waals surface area contributed by atoms with E-state index in [2.05, 4.69) is 5.32 Å². The summed E-state index contributed by atoms with van der Waals surface area (Å²) in [7, 11) is 0. The topological polar surface area (TPSA) is 29.1 Å². The van der Waals surface area contributed by atoms with Gasteiger partial charge in [-0.15, -0.1) is 11.6 Å². The molecule has 0 aliphatic heterocycles. The lowest BCUT2D eigenvalue weighted by atomic mass is 9.89. The Hall–Kier alpha value is -1.09. The average Bonchev–Trinajstić information content (AvgIpc) is 2.40. The monoisotopic (exact) mass is 283 g/mol. The molecule has 1 fully saturated rings. The highest BCUT2D eigenvalue weighted by molar-refractivity contribution is 6.20. The van der Waals surface area contributed by atoms with Crippen molar-refractivity contribution in [2.24, 2.45) is 5.92 Å². The molecule has 2 nitrogen and oxygen atoms in total. The highest BCUT2D eigenvalue weighted by Crippen LogP contribution is 2.27. The number of benzene rings is 1. The maximum Gasteiger partial charge on any atom is 0.254 e. The molecule has 0 spiro atoms. The van der Waals surface area contributed by atoms with Crippen molar-refractivity contribution in [3.8, 4) is 0 Å². The van der Waals surface area contributed by atoms with Crippen LogP contribution >= 0.6 is 11.6 Å². The second-order valence-electron chi connectivity index (χ2n) is 5.31. The molecule has 1 saturated carbocycles. The SMILES string of the molecule is Cc1ccc(F)c(C(=O)NCC2CCC(Cl)CC2)c1. The lowest BCUT2D eigenvalue weighted by molar-refractivity contribution is 0.0939. The molecule has 1 amide bonds. The summed E-state index contributed by atoms with van der Waals surface area (Å²) in [6.45, 7) is 2.45. The van der Waals surface area contributed by atoms with Crippen molar-refractivity contribution in [2.45, 2.75) is 38.0 Å². The van der Waals surface area contributed by atoms with Gasteiger partial charge in [-0.05, 0) is 50.7 Å². The van der Waals surface area contributed by atoms with Crippen LogP contribution < -0.4 is 5.32 Å². The van der Waals surface area contributed by atoms with Gasteiger partial charge in [-0.25, -0.2) is 4.39 Å². The van der Waals surface area contributed by atoms with Crippen LogP contribution in [-0.2, 0) is 0 Å². The summed E-state index contributed by atoms with van der Waals surface area (Å²) >= 11 is 6.04. The standard InChI is InChI=1S/C15H19ClFNO/c1-10-2-7-14(17)13(8-10)15(19)18-9-11-3-5-12(16)6-4-11/h2,7-8,11-12H,3-6,9H2,1H3,(H,18,19). The van der Waals surface area contributed by atoms with Gasteiger partial charge >= 0.3 is 0 Å². The second kappa shape index (κ2) is 6.38. The van der Waals surface area contributed by atoms with E-state index in [9.17, 15) is 9.18 Å². The van der Waals surface area contributed by atoms with Crippen LogP contribution in [0.1, 0.15) is 41.6 Å². The molecule has 1 aromatic rings. The smallest absolute Gasteiger partial charge is 0.254 e. The Morgan fingerprint density at radius 2 is 2.05 bits per heavy atom. The minimum atomic E-state index is -0.465. The maximum atomic E-state index is 13.6. The maximum absolute atomic E-state index is 13.6. The summed E-state index contributed by atoms with van der Waals surface area (Å²) in [5.74, 6) is -0.325. The van der Waals surface area contributed by atoms with Crippen LogP contribution in [0.3, 0.4) is 0 Å². The molecule has 1 aliphatic carbocycles. The van der Waals surface area contributed by atoms with E-state index in [1.807, 2.05) is 6.92 Å². The van der Waals surface area contributed by atoms with E-state index < -0.39 is 5.82 Å². The zero-order chi connectivity index (χ0) is 13.8. The van der Waals surface area contributed by atoms with Crippen molar-refractivity contribution in [3.05, 3.63) is 35.1 Å². The first-order chi connectivity index (χ1) is 9.06. The van der Waals surface area contributed by atoms with Gasteiger partial charge in [-0.1, -0.05) is 11.6 Å². The van der Waals surface area contributed by atoms with Crippen molar-refractivity contribution in [2.75, 3.05) is 6.54 Å². The van der Waals surface area contributed by atoms with E-state index >= 15 is 0 Å². The molecule has 0 radical (unpaired) electrons. The van der Waals surface area contributed by atoms with Gasteiger partial charge in [-0.3, -0.25) is 4.79 Å². The fourth-order valence-corrected chi connectivity index (χ4v) is 2.72. The van der Waals surface area contributed by atoms with Gasteiger partial charge in [0.05, 0.1) is 5.56 Å². The molecule has 1 N–H and O–H groups in total. The Balaban J connectivity index is 1.89. The van der Waals surface area contributed by atoms with E-state index in [1.165, 1.54) is 6.07 Å². The van der Waals surface area contributed by atoms with Gasteiger partial charge in [0.15, 0.2) is 0 Å². The van der Waals surface area contributed by atoms with Crippen LogP contribution in [0, 0.1) is 18.7 Å². The van der Waals surface area contributed by atoms with Crippen LogP contribution in [0.15, 0.2) is 18.2 Å². The quantitative estimate of drug-likeness (QED) is 0.843. The van der Waals surface area contributed by atoms with Gasteiger partial charge < -0.3 is 5.32 Å². The number of hydrogen-bond acceptors (Lipinski definition) is 1. The number of rotatable bonds is 3. The van der Waals surface area contributed by atoms with E-state index in [0.717, 1.165) is 31.2 Å². The highest BCUT2D eigenvalue weighted by atomic mass is 35.5. The van der Waals surface area contributed by atoms with E-state index in [-0.39, 0.29) is 16.8 Å². The summed E-state index contributed by atoms with van der Waals surface area (Å²) < 4.78 is 13.6. The van der Waals surface area contributed by atoms with Gasteiger partial charge in [0.1, 0.15) is 5.82 Å². The van der Waals surface area contributed by atoms with Crippen LogP contribution in [-0.4, -0.2) is 17.8 Å². The number of carbonyl (C=O) groups excluding carboxylic acids is 1. The van der Waals surface area contributed by atoms with E-state index in [0.29, 0.717) is 12.5 Å². The van der Waals surface area contributed by atoms with Crippen LogP contribution in [0.5, 0.6) is 0 Å². The summed E-state index contributed by atoms with van der Waals surface area (Å²) in [6, 6.07) is 4.58. The zero-order valence-corrected chi connectivity index (χ0v) is 11.8. The number of aryl methyl sites for hydroxylation is 1. The molecule has 0 saturated heterocycles. The molecule has 1 aromatic carbocycles. The van der Waals surface area contributed by atoms with Gasteiger partial charge in [0.2, 0.25) is 0 Å². The van der Waals surface area contributed by atoms with Crippen LogP contribution in [0.25, 0.3) is 0 Å². The van der Waals surface area contributed by atoms with E-state index in [1.54, 1.807) is 12.1 Å². The predicted octanol–water partition coefficient (Wildman–Crippen LogP) is 3.66. The summed E-state index contributed by atoms with van der Waals surface area (Å²) in [6.07, 6.45) is 4.07. The molecule has 0 bridgehead atoms. The Morgan fingerprint density at radius 1 is 1.37 bits per heavy atom. The van der Waals surface area contributed by atoms with E-state index in [4.69, 9.17) is 11.6 Å². The molecule has 104 valence electrons. The van der Waals surface area contributed by atoms with Gasteiger partial charge in [0.25, 0.3) is 5.91 Å². The minimum Gasteiger partial charge on any atom is -0.352 e. The third-order valence-electron chi connectivity index (χ3n) is 3.69. The number of alkyl halides is 1. The molecular weight excluding hydrogens is 265 g/mol. The van der Waals surface area contributed by atoms with Gasteiger partial charge in [0, 0.05) is 11.9 Å². The number of carbonyl (C=O) groups is 1. The largest absolute Gasteiger partial charge is 0.352 e. The number of halogens is 2. The molecule has 19 heavy (non-hydrogen) atoms. The number of amides is 1. The zero-order valence-electron chi connectivity index (χ0n) is 11.1. The molecule has 2 rings (SSSR count). The van der Waals surface area contributed by atoms with Crippen LogP contribution in [0.2, 0.25) is 0 Å². The number of hydrogen-bond donors (Lipinski definition) is 1. The Kier molecular flexibility index (Phi) is 4.81. The lowest BCUT2D eigenvalue weighted by Gasteiger charge is -2.25. The molecule has 0 unspecified atom stereocenters. The highest BCUT2D eigenvalue weighted by Gasteiger charge is 2.20. The summed E-state index contributed by atoms with van der Waals surface area (Å²) in [4.78, 5) is 11.9. The fourth-order valence-electron chi connectivity index (χ4n) is 2.47. The average molecular weight is 284 g/mol. The molecular formula is C15H19ClFNO. The summed E-state index contributed by atoms with van der Waals surface area (Å²) in [5, 5.41) is 3.11. The van der Waals surface area contributed by atoms with Crippen molar-refractivity contribution in [3.63, 3.8) is 0 Å². The molecule has 0 aromatic heterocycles. The fraction of sp³-hybridized carbons (Fsp3) is 0.533. The lowest BCUT2D eigenvalue weighted by Crippen LogP contribution is -2.32. The third kappa shape index (κ3) is 3.93.